The van der Waals surface area contributed by atoms with Gasteiger partial charge in [0.15, 0.2) is 5.82 Å². The zero-order valence-corrected chi connectivity index (χ0v) is 11.1. The first-order chi connectivity index (χ1) is 8.59. The van der Waals surface area contributed by atoms with Crippen molar-refractivity contribution in [3.63, 3.8) is 0 Å². The highest BCUT2D eigenvalue weighted by Gasteiger charge is 2.22. The lowest BCUT2D eigenvalue weighted by Crippen LogP contribution is -2.35. The predicted octanol–water partition coefficient (Wildman–Crippen LogP) is 1.93. The number of aromatic nitrogens is 3. The van der Waals surface area contributed by atoms with E-state index in [1.165, 1.54) is 0 Å². The molecular formula is C13H20N4O. The molecule has 2 N–H and O–H groups in total. The minimum atomic E-state index is -0.682. The Bertz CT molecular complexity index is 531. The molecule has 0 unspecified atom stereocenters. The summed E-state index contributed by atoms with van der Waals surface area (Å²) in [4.78, 5) is 8.62. The Balaban J connectivity index is 2.22. The van der Waals surface area contributed by atoms with Crippen LogP contribution < -0.4 is 5.32 Å². The summed E-state index contributed by atoms with van der Waals surface area (Å²) in [6.07, 6.45) is 4.95. The van der Waals surface area contributed by atoms with Gasteiger partial charge in [-0.1, -0.05) is 13.8 Å². The van der Waals surface area contributed by atoms with Crippen molar-refractivity contribution in [3.8, 4) is 0 Å². The van der Waals surface area contributed by atoms with Crippen LogP contribution in [0.25, 0.3) is 11.0 Å². The molecule has 98 valence electrons. The number of aryl methyl sites for hydroxylation is 1. The van der Waals surface area contributed by atoms with Gasteiger partial charge in [-0.15, -0.1) is 0 Å². The van der Waals surface area contributed by atoms with Crippen LogP contribution in [-0.4, -0.2) is 31.8 Å². The van der Waals surface area contributed by atoms with Gasteiger partial charge in [-0.05, 0) is 18.9 Å². The fourth-order valence-corrected chi connectivity index (χ4v) is 1.94. The molecule has 5 heteroatoms. The number of hydrogen-bond acceptors (Lipinski definition) is 4. The van der Waals surface area contributed by atoms with E-state index < -0.39 is 5.60 Å². The van der Waals surface area contributed by atoms with Gasteiger partial charge in [0.1, 0.15) is 5.52 Å². The molecule has 0 spiro atoms. The van der Waals surface area contributed by atoms with Crippen LogP contribution in [0.2, 0.25) is 0 Å². The molecule has 2 aromatic rings. The van der Waals surface area contributed by atoms with E-state index in [0.717, 1.165) is 16.9 Å². The van der Waals surface area contributed by atoms with Crippen molar-refractivity contribution in [3.05, 3.63) is 18.6 Å². The normalized spacial score (nSPS) is 12.0. The summed E-state index contributed by atoms with van der Waals surface area (Å²) >= 11 is 0. The zero-order chi connectivity index (χ0) is 13.2. The quantitative estimate of drug-likeness (QED) is 0.848. The van der Waals surface area contributed by atoms with Crippen molar-refractivity contribution in [2.75, 3.05) is 11.9 Å². The number of aliphatic hydroxyl groups is 1. The molecule has 0 aliphatic carbocycles. The first-order valence-corrected chi connectivity index (χ1v) is 6.32. The second-order valence-electron chi connectivity index (χ2n) is 4.67. The highest BCUT2D eigenvalue weighted by atomic mass is 16.3. The second-order valence-corrected chi connectivity index (χ2v) is 4.67. The summed E-state index contributed by atoms with van der Waals surface area (Å²) in [5, 5.41) is 13.5. The van der Waals surface area contributed by atoms with E-state index in [1.54, 1.807) is 12.5 Å². The van der Waals surface area contributed by atoms with E-state index >= 15 is 0 Å². The Hall–Kier alpha value is -1.62. The van der Waals surface area contributed by atoms with E-state index in [-0.39, 0.29) is 0 Å². The van der Waals surface area contributed by atoms with Crippen molar-refractivity contribution in [2.24, 2.45) is 7.05 Å². The van der Waals surface area contributed by atoms with Gasteiger partial charge in [0.05, 0.1) is 17.4 Å². The third kappa shape index (κ3) is 2.31. The van der Waals surface area contributed by atoms with Crippen LogP contribution in [0.3, 0.4) is 0 Å². The number of nitrogens with zero attached hydrogens (tertiary/aromatic N) is 3. The summed E-state index contributed by atoms with van der Waals surface area (Å²) in [7, 11) is 1.95. The SMILES string of the molecule is CCC(O)(CC)CNc1nccc2c1ncn2C. The van der Waals surface area contributed by atoms with Gasteiger partial charge in [-0.3, -0.25) is 0 Å². The van der Waals surface area contributed by atoms with Crippen LogP contribution in [0, 0.1) is 0 Å². The summed E-state index contributed by atoms with van der Waals surface area (Å²) in [6.45, 7) is 4.46. The fourth-order valence-electron chi connectivity index (χ4n) is 1.94. The molecule has 2 aromatic heterocycles. The lowest BCUT2D eigenvalue weighted by molar-refractivity contribution is 0.0456. The highest BCUT2D eigenvalue weighted by Crippen LogP contribution is 2.21. The van der Waals surface area contributed by atoms with Gasteiger partial charge >= 0.3 is 0 Å². The molecule has 0 saturated heterocycles. The topological polar surface area (TPSA) is 63.0 Å². The minimum Gasteiger partial charge on any atom is -0.388 e. The minimum absolute atomic E-state index is 0.489. The number of imidazole rings is 1. The number of anilines is 1. The van der Waals surface area contributed by atoms with Crippen LogP contribution in [0.15, 0.2) is 18.6 Å². The van der Waals surface area contributed by atoms with Crippen molar-refractivity contribution < 1.29 is 5.11 Å². The Morgan fingerprint density at radius 2 is 2.06 bits per heavy atom. The highest BCUT2D eigenvalue weighted by molar-refractivity contribution is 5.85. The van der Waals surface area contributed by atoms with E-state index in [1.807, 2.05) is 31.5 Å². The van der Waals surface area contributed by atoms with E-state index in [0.29, 0.717) is 19.4 Å². The zero-order valence-electron chi connectivity index (χ0n) is 11.1. The summed E-state index contributed by atoms with van der Waals surface area (Å²) in [5.74, 6) is 0.730. The van der Waals surface area contributed by atoms with E-state index in [2.05, 4.69) is 15.3 Å². The van der Waals surface area contributed by atoms with Gasteiger partial charge in [0, 0.05) is 19.8 Å². The molecule has 0 atom stereocenters. The number of pyridine rings is 1. The van der Waals surface area contributed by atoms with Crippen molar-refractivity contribution in [1.29, 1.82) is 0 Å². The van der Waals surface area contributed by atoms with Crippen molar-refractivity contribution >= 4 is 16.9 Å². The molecular weight excluding hydrogens is 228 g/mol. The van der Waals surface area contributed by atoms with Gasteiger partial charge in [0.25, 0.3) is 0 Å². The number of rotatable bonds is 5. The van der Waals surface area contributed by atoms with Crippen molar-refractivity contribution in [2.45, 2.75) is 32.3 Å². The van der Waals surface area contributed by atoms with Gasteiger partial charge < -0.3 is 15.0 Å². The van der Waals surface area contributed by atoms with Gasteiger partial charge in [-0.25, -0.2) is 9.97 Å². The largest absolute Gasteiger partial charge is 0.388 e. The molecule has 2 rings (SSSR count). The standard InChI is InChI=1S/C13H20N4O/c1-4-13(18,5-2)8-15-12-11-10(6-7-14-12)17(3)9-16-11/h6-7,9,18H,4-5,8H2,1-3H3,(H,14,15). The van der Waals surface area contributed by atoms with E-state index in [4.69, 9.17) is 0 Å². The summed E-state index contributed by atoms with van der Waals surface area (Å²) in [5.41, 5.74) is 1.19. The number of fused-ring (bicyclic) bond motifs is 1. The monoisotopic (exact) mass is 248 g/mol. The maximum atomic E-state index is 10.3. The third-order valence-electron chi connectivity index (χ3n) is 3.54. The average molecular weight is 248 g/mol. The van der Waals surface area contributed by atoms with Crippen LogP contribution in [-0.2, 0) is 7.05 Å². The molecule has 0 radical (unpaired) electrons. The van der Waals surface area contributed by atoms with Crippen LogP contribution in [0.1, 0.15) is 26.7 Å². The first-order valence-electron chi connectivity index (χ1n) is 6.32. The Labute approximate surface area is 107 Å². The molecule has 0 saturated carbocycles. The van der Waals surface area contributed by atoms with Gasteiger partial charge in [-0.2, -0.15) is 0 Å². The third-order valence-corrected chi connectivity index (χ3v) is 3.54. The molecule has 0 amide bonds. The smallest absolute Gasteiger partial charge is 0.154 e. The van der Waals surface area contributed by atoms with Gasteiger partial charge in [0.2, 0.25) is 0 Å². The molecule has 0 aromatic carbocycles. The lowest BCUT2D eigenvalue weighted by atomic mass is 9.98. The van der Waals surface area contributed by atoms with Crippen LogP contribution >= 0.6 is 0 Å². The first kappa shape index (κ1) is 12.8. The summed E-state index contributed by atoms with van der Waals surface area (Å²) in [6, 6.07) is 1.93. The van der Waals surface area contributed by atoms with Crippen LogP contribution in [0.4, 0.5) is 5.82 Å². The molecule has 0 aliphatic heterocycles. The predicted molar refractivity (Wildman–Crippen MR) is 72.5 cm³/mol. The molecule has 5 nitrogen and oxygen atoms in total. The molecule has 18 heavy (non-hydrogen) atoms. The maximum absolute atomic E-state index is 10.3. The molecule has 0 bridgehead atoms. The second kappa shape index (κ2) is 4.94. The molecule has 2 heterocycles. The Morgan fingerprint density at radius 3 is 2.72 bits per heavy atom. The molecule has 0 aliphatic rings. The number of nitrogens with one attached hydrogen (secondary N) is 1. The van der Waals surface area contributed by atoms with Crippen LogP contribution in [0.5, 0.6) is 0 Å². The fraction of sp³-hybridized carbons (Fsp3) is 0.538. The lowest BCUT2D eigenvalue weighted by Gasteiger charge is -2.25. The average Bonchev–Trinajstić information content (AvgIpc) is 2.78. The molecule has 0 fully saturated rings. The Morgan fingerprint density at radius 1 is 1.33 bits per heavy atom. The van der Waals surface area contributed by atoms with Crippen molar-refractivity contribution in [1.82, 2.24) is 14.5 Å². The number of hydrogen-bond donors (Lipinski definition) is 2. The summed E-state index contributed by atoms with van der Waals surface area (Å²) < 4.78 is 1.95. The maximum Gasteiger partial charge on any atom is 0.154 e. The van der Waals surface area contributed by atoms with E-state index in [9.17, 15) is 5.11 Å². The Kier molecular flexibility index (Phi) is 3.52.